The Bertz CT molecular complexity index is 1070. The van der Waals surface area contributed by atoms with Gasteiger partial charge in [-0.05, 0) is 47.2 Å². The zero-order valence-electron chi connectivity index (χ0n) is 17.5. The molecule has 0 spiro atoms. The van der Waals surface area contributed by atoms with Crippen LogP contribution in [0.5, 0.6) is 0 Å². The quantitative estimate of drug-likeness (QED) is 0.612. The summed E-state index contributed by atoms with van der Waals surface area (Å²) >= 11 is 0. The Labute approximate surface area is 177 Å². The van der Waals surface area contributed by atoms with E-state index in [1.165, 1.54) is 5.56 Å². The van der Waals surface area contributed by atoms with Crippen molar-refractivity contribution in [2.45, 2.75) is 39.3 Å². The summed E-state index contributed by atoms with van der Waals surface area (Å²) in [4.78, 5) is 18.9. The molecule has 2 heterocycles. The molecule has 4 rings (SSSR count). The number of amides is 1. The van der Waals surface area contributed by atoms with Crippen molar-refractivity contribution < 1.29 is 9.90 Å². The van der Waals surface area contributed by atoms with Gasteiger partial charge in [0.1, 0.15) is 0 Å². The summed E-state index contributed by atoms with van der Waals surface area (Å²) in [6, 6.07) is 19.7. The molecule has 1 N–H and O–H groups in total. The molecule has 1 aliphatic heterocycles. The first-order valence-corrected chi connectivity index (χ1v) is 10.3. The first kappa shape index (κ1) is 19.9. The van der Waals surface area contributed by atoms with E-state index in [1.54, 1.807) is 17.3 Å². The Morgan fingerprint density at radius 2 is 1.60 bits per heavy atom. The van der Waals surface area contributed by atoms with E-state index < -0.39 is 0 Å². The van der Waals surface area contributed by atoms with E-state index in [2.05, 4.69) is 43.1 Å². The average molecular weight is 399 g/mol. The Morgan fingerprint density at radius 3 is 2.20 bits per heavy atom. The lowest BCUT2D eigenvalue weighted by Crippen LogP contribution is -2.29. The van der Waals surface area contributed by atoms with Gasteiger partial charge in [0.2, 0.25) is 0 Å². The van der Waals surface area contributed by atoms with Gasteiger partial charge in [-0.15, -0.1) is 0 Å². The molecule has 152 valence electrons. The molecule has 3 aromatic rings. The SMILES string of the molecule is Cc1ccc(C2=C(O)C(=O)N(Cc3ccncc3)[C@@H]2c2ccc(C(C)C)cc2)cc1. The molecular formula is C26H26N2O2. The highest BCUT2D eigenvalue weighted by molar-refractivity contribution is 6.05. The molecular weight excluding hydrogens is 372 g/mol. The van der Waals surface area contributed by atoms with Crippen LogP contribution in [0.4, 0.5) is 0 Å². The molecule has 1 atom stereocenters. The third-order valence-corrected chi connectivity index (χ3v) is 5.69. The molecule has 0 unspecified atom stereocenters. The fraction of sp³-hybridized carbons (Fsp3) is 0.231. The Balaban J connectivity index is 1.80. The van der Waals surface area contributed by atoms with Gasteiger partial charge in [0.25, 0.3) is 5.91 Å². The molecule has 4 nitrogen and oxygen atoms in total. The highest BCUT2D eigenvalue weighted by atomic mass is 16.3. The summed E-state index contributed by atoms with van der Waals surface area (Å²) in [5.74, 6) is -0.0936. The third-order valence-electron chi connectivity index (χ3n) is 5.69. The van der Waals surface area contributed by atoms with Gasteiger partial charge in [-0.1, -0.05) is 67.9 Å². The number of hydrogen-bond acceptors (Lipinski definition) is 3. The van der Waals surface area contributed by atoms with Crippen LogP contribution >= 0.6 is 0 Å². The number of pyridine rings is 1. The first-order chi connectivity index (χ1) is 14.5. The van der Waals surface area contributed by atoms with E-state index in [9.17, 15) is 9.90 Å². The zero-order valence-corrected chi connectivity index (χ0v) is 17.5. The number of aliphatic hydroxyl groups excluding tert-OH is 1. The van der Waals surface area contributed by atoms with E-state index in [0.717, 1.165) is 22.3 Å². The number of aliphatic hydroxyl groups is 1. The second kappa shape index (κ2) is 8.15. The maximum Gasteiger partial charge on any atom is 0.290 e. The molecule has 1 amide bonds. The lowest BCUT2D eigenvalue weighted by atomic mass is 9.91. The molecule has 0 fully saturated rings. The van der Waals surface area contributed by atoms with Crippen LogP contribution in [0, 0.1) is 6.92 Å². The van der Waals surface area contributed by atoms with Crippen molar-refractivity contribution in [3.05, 3.63) is 107 Å². The zero-order chi connectivity index (χ0) is 21.3. The molecule has 4 heteroatoms. The summed E-state index contributed by atoms with van der Waals surface area (Å²) < 4.78 is 0. The van der Waals surface area contributed by atoms with Gasteiger partial charge in [0.15, 0.2) is 5.76 Å². The minimum Gasteiger partial charge on any atom is -0.503 e. The molecule has 0 bridgehead atoms. The van der Waals surface area contributed by atoms with Crippen LogP contribution in [0.3, 0.4) is 0 Å². The van der Waals surface area contributed by atoms with Crippen molar-refractivity contribution in [1.82, 2.24) is 9.88 Å². The lowest BCUT2D eigenvalue weighted by molar-refractivity contribution is -0.130. The molecule has 0 radical (unpaired) electrons. The normalized spacial score (nSPS) is 16.6. The summed E-state index contributed by atoms with van der Waals surface area (Å²) in [5, 5.41) is 10.9. The summed E-state index contributed by atoms with van der Waals surface area (Å²) in [7, 11) is 0. The van der Waals surface area contributed by atoms with E-state index in [-0.39, 0.29) is 17.7 Å². The second-order valence-electron chi connectivity index (χ2n) is 8.14. The minimum atomic E-state index is -0.352. The van der Waals surface area contributed by atoms with Gasteiger partial charge < -0.3 is 10.0 Å². The maximum atomic E-state index is 13.1. The van der Waals surface area contributed by atoms with Crippen LogP contribution < -0.4 is 0 Å². The number of benzene rings is 2. The van der Waals surface area contributed by atoms with E-state index in [0.29, 0.717) is 18.0 Å². The Morgan fingerprint density at radius 1 is 0.967 bits per heavy atom. The number of aryl methyl sites for hydroxylation is 1. The van der Waals surface area contributed by atoms with E-state index >= 15 is 0 Å². The van der Waals surface area contributed by atoms with Crippen LogP contribution in [-0.2, 0) is 11.3 Å². The Kier molecular flexibility index (Phi) is 5.40. The fourth-order valence-electron chi connectivity index (χ4n) is 3.94. The number of rotatable bonds is 5. The van der Waals surface area contributed by atoms with Crippen LogP contribution in [0.15, 0.2) is 78.8 Å². The smallest absolute Gasteiger partial charge is 0.290 e. The van der Waals surface area contributed by atoms with Crippen LogP contribution in [0.25, 0.3) is 5.57 Å². The number of aromatic nitrogens is 1. The summed E-state index contributed by atoms with van der Waals surface area (Å²) in [6.07, 6.45) is 3.44. The van der Waals surface area contributed by atoms with E-state index in [4.69, 9.17) is 0 Å². The van der Waals surface area contributed by atoms with Gasteiger partial charge in [0.05, 0.1) is 6.04 Å². The van der Waals surface area contributed by atoms with E-state index in [1.807, 2.05) is 43.3 Å². The largest absolute Gasteiger partial charge is 0.503 e. The standard InChI is InChI=1S/C26H26N2O2/c1-17(2)20-8-10-22(11-9-20)24-23(21-6-4-18(3)5-7-21)25(29)26(30)28(24)16-19-12-14-27-15-13-19/h4-15,17,24,29H,16H2,1-3H3/t24-/m1/s1. The van der Waals surface area contributed by atoms with Crippen LogP contribution in [0.2, 0.25) is 0 Å². The van der Waals surface area contributed by atoms with Crippen molar-refractivity contribution in [3.8, 4) is 0 Å². The van der Waals surface area contributed by atoms with Gasteiger partial charge in [-0.3, -0.25) is 9.78 Å². The lowest BCUT2D eigenvalue weighted by Gasteiger charge is -2.28. The molecule has 2 aromatic carbocycles. The molecule has 0 saturated heterocycles. The van der Waals surface area contributed by atoms with Gasteiger partial charge >= 0.3 is 0 Å². The van der Waals surface area contributed by atoms with Crippen molar-refractivity contribution in [2.75, 3.05) is 0 Å². The predicted molar refractivity (Wildman–Crippen MR) is 119 cm³/mol. The number of hydrogen-bond donors (Lipinski definition) is 1. The minimum absolute atomic E-state index is 0.175. The van der Waals surface area contributed by atoms with Crippen molar-refractivity contribution in [1.29, 1.82) is 0 Å². The highest BCUT2D eigenvalue weighted by Gasteiger charge is 2.40. The third kappa shape index (κ3) is 3.73. The highest BCUT2D eigenvalue weighted by Crippen LogP contribution is 2.44. The number of nitrogens with zero attached hydrogens (tertiary/aromatic N) is 2. The summed E-state index contributed by atoms with van der Waals surface area (Å²) in [5.41, 5.74) is 5.86. The van der Waals surface area contributed by atoms with Crippen LogP contribution in [-0.4, -0.2) is 20.9 Å². The van der Waals surface area contributed by atoms with Gasteiger partial charge in [0, 0.05) is 24.5 Å². The fourth-order valence-corrected chi connectivity index (χ4v) is 3.94. The number of carbonyl (C=O) groups is 1. The van der Waals surface area contributed by atoms with Crippen molar-refractivity contribution >= 4 is 11.5 Å². The van der Waals surface area contributed by atoms with Gasteiger partial charge in [-0.25, -0.2) is 0 Å². The van der Waals surface area contributed by atoms with Crippen LogP contribution in [0.1, 0.15) is 53.6 Å². The first-order valence-electron chi connectivity index (χ1n) is 10.3. The van der Waals surface area contributed by atoms with Crippen molar-refractivity contribution in [3.63, 3.8) is 0 Å². The van der Waals surface area contributed by atoms with Gasteiger partial charge in [-0.2, -0.15) is 0 Å². The average Bonchev–Trinajstić information content (AvgIpc) is 3.00. The molecule has 1 aliphatic rings. The number of carbonyl (C=O) groups excluding carboxylic acids is 1. The second-order valence-corrected chi connectivity index (χ2v) is 8.14. The molecule has 30 heavy (non-hydrogen) atoms. The molecule has 0 aliphatic carbocycles. The maximum absolute atomic E-state index is 13.1. The van der Waals surface area contributed by atoms with Crippen molar-refractivity contribution in [2.24, 2.45) is 0 Å². The monoisotopic (exact) mass is 398 g/mol. The summed E-state index contributed by atoms with van der Waals surface area (Å²) in [6.45, 7) is 6.74. The topological polar surface area (TPSA) is 53.4 Å². The molecule has 1 aromatic heterocycles. The molecule has 0 saturated carbocycles. The Hall–Kier alpha value is -3.40. The predicted octanol–water partition coefficient (Wildman–Crippen LogP) is 5.57.